The molecule has 0 saturated heterocycles. The Morgan fingerprint density at radius 1 is 0.879 bits per heavy atom. The van der Waals surface area contributed by atoms with Gasteiger partial charge in [-0.1, -0.05) is 66.7 Å². The summed E-state index contributed by atoms with van der Waals surface area (Å²) in [4.78, 5) is 15.0. The molecule has 33 heavy (non-hydrogen) atoms. The van der Waals surface area contributed by atoms with Crippen LogP contribution >= 0.6 is 0 Å². The molecule has 0 unspecified atom stereocenters. The average molecular weight is 467 g/mol. The maximum Gasteiger partial charge on any atom is 0.253 e. The van der Waals surface area contributed by atoms with Gasteiger partial charge < -0.3 is 9.64 Å². The molecular weight excluding hydrogens is 436 g/mol. The van der Waals surface area contributed by atoms with Crippen LogP contribution in [0.15, 0.2) is 89.8 Å². The quantitative estimate of drug-likeness (QED) is 0.439. The van der Waals surface area contributed by atoms with Crippen molar-refractivity contribution in [3.63, 3.8) is 0 Å². The Balaban J connectivity index is 1.68. The van der Waals surface area contributed by atoms with Crippen molar-refractivity contribution in [1.29, 1.82) is 0 Å². The predicted molar refractivity (Wildman–Crippen MR) is 129 cm³/mol. The lowest BCUT2D eigenvalue weighted by molar-refractivity contribution is 0.0693. The number of nitrogens with zero attached hydrogens (tertiary/aromatic N) is 1. The molecule has 0 bridgehead atoms. The molecule has 0 aromatic heterocycles. The number of methoxy groups -OCH3 is 1. The van der Waals surface area contributed by atoms with E-state index in [4.69, 9.17) is 4.74 Å². The van der Waals surface area contributed by atoms with Gasteiger partial charge in [-0.25, -0.2) is 13.1 Å². The molecule has 174 valence electrons. The summed E-state index contributed by atoms with van der Waals surface area (Å²) >= 11 is 0. The Kier molecular flexibility index (Phi) is 9.18. The Labute approximate surface area is 196 Å². The van der Waals surface area contributed by atoms with E-state index >= 15 is 0 Å². The molecular formula is C26H30N2O4S. The molecule has 6 nitrogen and oxygen atoms in total. The number of ether oxygens (including phenoxy) is 1. The van der Waals surface area contributed by atoms with Crippen molar-refractivity contribution >= 4 is 15.9 Å². The van der Waals surface area contributed by atoms with Crippen molar-refractivity contribution < 1.29 is 17.9 Å². The summed E-state index contributed by atoms with van der Waals surface area (Å²) in [5, 5.41) is 0. The van der Waals surface area contributed by atoms with Crippen LogP contribution < -0.4 is 4.72 Å². The van der Waals surface area contributed by atoms with Crippen molar-refractivity contribution in [3.05, 3.63) is 102 Å². The number of hydrogen-bond donors (Lipinski definition) is 1. The second-order valence-electron chi connectivity index (χ2n) is 7.71. The molecule has 0 fully saturated rings. The number of rotatable bonds is 12. The zero-order valence-corrected chi connectivity index (χ0v) is 19.6. The first-order valence-electron chi connectivity index (χ1n) is 11.0. The van der Waals surface area contributed by atoms with Crippen molar-refractivity contribution in [2.45, 2.75) is 24.3 Å². The molecule has 3 aromatic rings. The predicted octanol–water partition coefficient (Wildman–Crippen LogP) is 3.89. The van der Waals surface area contributed by atoms with Gasteiger partial charge in [0.05, 0.1) is 11.5 Å². The minimum atomic E-state index is -3.76. The lowest BCUT2D eigenvalue weighted by Crippen LogP contribution is -2.35. The highest BCUT2D eigenvalue weighted by molar-refractivity contribution is 7.89. The van der Waals surface area contributed by atoms with Crippen LogP contribution in [0.3, 0.4) is 0 Å². The number of amides is 1. The highest BCUT2D eigenvalue weighted by Crippen LogP contribution is 2.15. The molecule has 0 spiro atoms. The molecule has 3 rings (SSSR count). The van der Waals surface area contributed by atoms with E-state index in [1.165, 1.54) is 17.7 Å². The second kappa shape index (κ2) is 12.3. The Morgan fingerprint density at radius 2 is 1.55 bits per heavy atom. The summed E-state index contributed by atoms with van der Waals surface area (Å²) in [5.74, 6) is -0.208. The van der Waals surface area contributed by atoms with E-state index in [9.17, 15) is 13.2 Å². The van der Waals surface area contributed by atoms with E-state index in [1.54, 1.807) is 24.1 Å². The third-order valence-corrected chi connectivity index (χ3v) is 6.69. The number of benzene rings is 3. The van der Waals surface area contributed by atoms with Gasteiger partial charge in [0.2, 0.25) is 10.0 Å². The third-order valence-electron chi connectivity index (χ3n) is 5.29. The molecule has 0 aliphatic heterocycles. The van der Waals surface area contributed by atoms with Crippen molar-refractivity contribution in [3.8, 4) is 0 Å². The van der Waals surface area contributed by atoms with Crippen molar-refractivity contribution in [2.75, 3.05) is 26.8 Å². The Bertz CT molecular complexity index is 1120. The third kappa shape index (κ3) is 7.53. The van der Waals surface area contributed by atoms with Gasteiger partial charge in [0, 0.05) is 32.3 Å². The first-order valence-corrected chi connectivity index (χ1v) is 12.4. The van der Waals surface area contributed by atoms with Crippen LogP contribution in [0.25, 0.3) is 0 Å². The fourth-order valence-corrected chi connectivity index (χ4v) is 4.53. The Hall–Kier alpha value is -3.00. The minimum absolute atomic E-state index is 0.0697. The maximum absolute atomic E-state index is 13.2. The van der Waals surface area contributed by atoms with E-state index in [0.29, 0.717) is 25.3 Å². The van der Waals surface area contributed by atoms with E-state index in [1.807, 2.05) is 48.5 Å². The topological polar surface area (TPSA) is 75.7 Å². The van der Waals surface area contributed by atoms with Crippen LogP contribution in [0.2, 0.25) is 0 Å². The largest absolute Gasteiger partial charge is 0.383 e. The van der Waals surface area contributed by atoms with Crippen LogP contribution in [0.5, 0.6) is 0 Å². The number of carbonyl (C=O) groups excluding carboxylic acids is 1. The number of nitrogens with one attached hydrogen (secondary N) is 1. The van der Waals surface area contributed by atoms with Gasteiger partial charge in [0.15, 0.2) is 0 Å². The Morgan fingerprint density at radius 3 is 2.21 bits per heavy atom. The number of sulfonamides is 1. The van der Waals surface area contributed by atoms with E-state index in [-0.39, 0.29) is 17.3 Å². The standard InChI is InChI=1S/C26H30N2O4S/c1-32-19-18-28(17-9-14-22-10-4-2-5-11-22)26(29)24-15-8-16-25(20-24)33(30,31)27-21-23-12-6-3-7-13-23/h2-8,10-13,15-16,20,27H,9,14,17-19,21H2,1H3. The average Bonchev–Trinajstić information content (AvgIpc) is 2.86. The molecule has 0 aliphatic carbocycles. The van der Waals surface area contributed by atoms with Gasteiger partial charge in [-0.3, -0.25) is 4.79 Å². The molecule has 7 heteroatoms. The van der Waals surface area contributed by atoms with Crippen LogP contribution in [0.4, 0.5) is 0 Å². The fourth-order valence-electron chi connectivity index (χ4n) is 3.47. The van der Waals surface area contributed by atoms with Gasteiger partial charge in [-0.2, -0.15) is 0 Å². The summed E-state index contributed by atoms with van der Waals surface area (Å²) in [7, 11) is -2.16. The first-order chi connectivity index (χ1) is 16.0. The zero-order valence-electron chi connectivity index (χ0n) is 18.8. The second-order valence-corrected chi connectivity index (χ2v) is 9.48. The van der Waals surface area contributed by atoms with Crippen molar-refractivity contribution in [1.82, 2.24) is 9.62 Å². The molecule has 0 saturated carbocycles. The molecule has 3 aromatic carbocycles. The SMILES string of the molecule is COCCN(CCCc1ccccc1)C(=O)c1cccc(S(=O)(=O)NCc2ccccc2)c1. The van der Waals surface area contributed by atoms with E-state index in [2.05, 4.69) is 16.9 Å². The maximum atomic E-state index is 13.2. The van der Waals surface area contributed by atoms with Crippen LogP contribution in [0, 0.1) is 0 Å². The smallest absolute Gasteiger partial charge is 0.253 e. The van der Waals surface area contributed by atoms with Gasteiger partial charge in [0.25, 0.3) is 5.91 Å². The lowest BCUT2D eigenvalue weighted by Gasteiger charge is -2.23. The van der Waals surface area contributed by atoms with Gasteiger partial charge in [-0.05, 0) is 42.2 Å². The fraction of sp³-hybridized carbons (Fsp3) is 0.269. The monoisotopic (exact) mass is 466 g/mol. The minimum Gasteiger partial charge on any atom is -0.383 e. The number of carbonyl (C=O) groups is 1. The highest BCUT2D eigenvalue weighted by Gasteiger charge is 2.19. The van der Waals surface area contributed by atoms with Crippen molar-refractivity contribution in [2.24, 2.45) is 0 Å². The number of hydrogen-bond acceptors (Lipinski definition) is 4. The van der Waals surface area contributed by atoms with E-state index < -0.39 is 10.0 Å². The summed E-state index contributed by atoms with van der Waals surface area (Å²) < 4.78 is 33.4. The van der Waals surface area contributed by atoms with Crippen LogP contribution in [0.1, 0.15) is 27.9 Å². The molecule has 0 atom stereocenters. The molecule has 1 amide bonds. The summed E-state index contributed by atoms with van der Waals surface area (Å²) in [6, 6.07) is 25.6. The number of aryl methyl sites for hydroxylation is 1. The van der Waals surface area contributed by atoms with Gasteiger partial charge in [-0.15, -0.1) is 0 Å². The normalized spacial score (nSPS) is 11.3. The molecule has 0 heterocycles. The lowest BCUT2D eigenvalue weighted by atomic mass is 10.1. The van der Waals surface area contributed by atoms with Gasteiger partial charge in [0.1, 0.15) is 0 Å². The molecule has 0 aliphatic rings. The first kappa shape index (κ1) is 24.6. The van der Waals surface area contributed by atoms with Crippen LogP contribution in [-0.2, 0) is 27.7 Å². The van der Waals surface area contributed by atoms with Crippen LogP contribution in [-0.4, -0.2) is 46.0 Å². The molecule has 1 N–H and O–H groups in total. The zero-order chi connectivity index (χ0) is 23.5. The van der Waals surface area contributed by atoms with Gasteiger partial charge >= 0.3 is 0 Å². The summed E-state index contributed by atoms with van der Waals surface area (Å²) in [6.45, 7) is 1.59. The summed E-state index contributed by atoms with van der Waals surface area (Å²) in [6.07, 6.45) is 1.66. The molecule has 0 radical (unpaired) electrons. The van der Waals surface area contributed by atoms with E-state index in [0.717, 1.165) is 18.4 Å². The summed E-state index contributed by atoms with van der Waals surface area (Å²) in [5.41, 5.74) is 2.42. The highest BCUT2D eigenvalue weighted by atomic mass is 32.2.